The van der Waals surface area contributed by atoms with Gasteiger partial charge in [0, 0.05) is 11.3 Å². The monoisotopic (exact) mass is 349 g/mol. The third kappa shape index (κ3) is 2.62. The van der Waals surface area contributed by atoms with E-state index in [1.807, 2.05) is 30.3 Å². The van der Waals surface area contributed by atoms with Gasteiger partial charge in [-0.05, 0) is 42.2 Å². The molecule has 0 fully saturated rings. The fourth-order valence-electron chi connectivity index (χ4n) is 3.42. The van der Waals surface area contributed by atoms with Crippen molar-refractivity contribution in [3.8, 4) is 10.8 Å². The van der Waals surface area contributed by atoms with E-state index < -0.39 is 0 Å². The lowest BCUT2D eigenvalue weighted by molar-refractivity contribution is -0.120. The van der Waals surface area contributed by atoms with E-state index in [0.29, 0.717) is 18.2 Å². The molecule has 1 aliphatic heterocycles. The average Bonchev–Trinajstić information content (AvgIpc) is 3.30. The van der Waals surface area contributed by atoms with Gasteiger partial charge in [0.25, 0.3) is 11.8 Å². The van der Waals surface area contributed by atoms with Gasteiger partial charge in [0.2, 0.25) is 5.89 Å². The van der Waals surface area contributed by atoms with Gasteiger partial charge in [0.05, 0.1) is 16.2 Å². The molecule has 124 valence electrons. The first kappa shape index (κ1) is 14.7. The van der Waals surface area contributed by atoms with Gasteiger partial charge in [-0.25, -0.2) is 4.99 Å². The highest BCUT2D eigenvalue weighted by molar-refractivity contribution is 7.15. The lowest BCUT2D eigenvalue weighted by atomic mass is 10.0. The van der Waals surface area contributed by atoms with Crippen LogP contribution >= 0.6 is 11.3 Å². The predicted octanol–water partition coefficient (Wildman–Crippen LogP) is 2.09. The van der Waals surface area contributed by atoms with Crippen LogP contribution in [0.2, 0.25) is 0 Å². The molecule has 1 aromatic carbocycles. The Hall–Kier alpha value is -2.60. The number of amides is 1. The fourth-order valence-corrected chi connectivity index (χ4v) is 4.60. The Balaban J connectivity index is 1.41. The lowest BCUT2D eigenvalue weighted by Crippen LogP contribution is -2.34. The lowest BCUT2D eigenvalue weighted by Gasteiger charge is -2.09. The number of hydrogen-bond acceptors (Lipinski definition) is 5. The molecule has 2 aliphatic rings. The van der Waals surface area contributed by atoms with Crippen molar-refractivity contribution in [3.05, 3.63) is 57.2 Å². The Kier molecular flexibility index (Phi) is 3.38. The van der Waals surface area contributed by atoms with E-state index in [0.717, 1.165) is 28.3 Å². The van der Waals surface area contributed by atoms with Crippen molar-refractivity contribution in [2.75, 3.05) is 0 Å². The first-order valence-electron chi connectivity index (χ1n) is 8.40. The molecule has 5 rings (SSSR count). The van der Waals surface area contributed by atoms with E-state index >= 15 is 0 Å². The third-order valence-corrected chi connectivity index (χ3v) is 5.91. The number of rotatable bonds is 3. The smallest absolute Gasteiger partial charge is 0.257 e. The SMILES string of the molecule is O=C1N=c2ccccc2=CC1Cc1nnc(-c2cc3c(s2)CCC3)o1. The van der Waals surface area contributed by atoms with Crippen molar-refractivity contribution >= 4 is 23.3 Å². The molecular weight excluding hydrogens is 334 g/mol. The van der Waals surface area contributed by atoms with Crippen molar-refractivity contribution in [1.82, 2.24) is 10.2 Å². The number of aromatic nitrogens is 2. The van der Waals surface area contributed by atoms with Crippen LogP contribution in [0.25, 0.3) is 16.8 Å². The molecule has 25 heavy (non-hydrogen) atoms. The molecule has 0 bridgehead atoms. The van der Waals surface area contributed by atoms with E-state index in [-0.39, 0.29) is 11.8 Å². The Morgan fingerprint density at radius 3 is 3.04 bits per heavy atom. The van der Waals surface area contributed by atoms with Crippen LogP contribution in [0.15, 0.2) is 39.7 Å². The number of para-hydroxylation sites is 1. The van der Waals surface area contributed by atoms with Gasteiger partial charge in [-0.3, -0.25) is 4.79 Å². The average molecular weight is 349 g/mol. The molecule has 0 saturated heterocycles. The molecule has 6 heteroatoms. The second-order valence-corrected chi connectivity index (χ2v) is 7.54. The molecule has 1 aliphatic carbocycles. The maximum Gasteiger partial charge on any atom is 0.257 e. The van der Waals surface area contributed by atoms with Crippen LogP contribution in [0.1, 0.15) is 22.8 Å². The highest BCUT2D eigenvalue weighted by Crippen LogP contribution is 2.36. The quantitative estimate of drug-likeness (QED) is 0.726. The van der Waals surface area contributed by atoms with Crippen LogP contribution in [-0.4, -0.2) is 16.1 Å². The second-order valence-electron chi connectivity index (χ2n) is 6.40. The summed E-state index contributed by atoms with van der Waals surface area (Å²) in [4.78, 5) is 18.9. The van der Waals surface area contributed by atoms with Gasteiger partial charge >= 0.3 is 0 Å². The molecule has 3 aromatic rings. The Labute approximate surface area is 147 Å². The number of aryl methyl sites for hydroxylation is 2. The maximum atomic E-state index is 12.2. The van der Waals surface area contributed by atoms with Gasteiger partial charge in [-0.15, -0.1) is 21.5 Å². The minimum Gasteiger partial charge on any atom is -0.420 e. The normalized spacial score (nSPS) is 18.4. The summed E-state index contributed by atoms with van der Waals surface area (Å²) in [5, 5.41) is 10.0. The maximum absolute atomic E-state index is 12.2. The summed E-state index contributed by atoms with van der Waals surface area (Å²) in [7, 11) is 0. The van der Waals surface area contributed by atoms with Crippen LogP contribution in [0.3, 0.4) is 0 Å². The van der Waals surface area contributed by atoms with E-state index in [9.17, 15) is 4.79 Å². The predicted molar refractivity (Wildman–Crippen MR) is 93.5 cm³/mol. The highest BCUT2D eigenvalue weighted by Gasteiger charge is 2.23. The molecular formula is C19H15N3O2S. The van der Waals surface area contributed by atoms with Crippen molar-refractivity contribution < 1.29 is 9.21 Å². The van der Waals surface area contributed by atoms with Crippen LogP contribution in [0.5, 0.6) is 0 Å². The molecule has 1 unspecified atom stereocenters. The standard InChI is InChI=1S/C19H15N3O2S/c23-18-13(8-11-4-1-2-6-14(11)20-18)10-17-21-22-19(24-17)16-9-12-5-3-7-15(12)25-16/h1-2,4,6,8-9,13H,3,5,7,10H2. The molecule has 0 saturated carbocycles. The first-order valence-corrected chi connectivity index (χ1v) is 9.22. The third-order valence-electron chi connectivity index (χ3n) is 4.68. The fraction of sp³-hybridized carbons (Fsp3) is 0.263. The van der Waals surface area contributed by atoms with E-state index in [4.69, 9.17) is 4.42 Å². The van der Waals surface area contributed by atoms with Crippen LogP contribution in [-0.2, 0) is 24.1 Å². The Bertz CT molecular complexity index is 1070. The van der Waals surface area contributed by atoms with Crippen LogP contribution in [0.4, 0.5) is 0 Å². The summed E-state index contributed by atoms with van der Waals surface area (Å²) in [6.45, 7) is 0. The van der Waals surface area contributed by atoms with Crippen LogP contribution in [0, 0.1) is 5.92 Å². The molecule has 0 N–H and O–H groups in total. The van der Waals surface area contributed by atoms with E-state index in [1.165, 1.54) is 16.9 Å². The summed E-state index contributed by atoms with van der Waals surface area (Å²) in [6.07, 6.45) is 5.84. The highest BCUT2D eigenvalue weighted by atomic mass is 32.1. The largest absolute Gasteiger partial charge is 0.420 e. The first-order chi connectivity index (χ1) is 12.3. The number of carbonyl (C=O) groups is 1. The molecule has 1 amide bonds. The van der Waals surface area contributed by atoms with Gasteiger partial charge in [0.15, 0.2) is 0 Å². The zero-order valence-electron chi connectivity index (χ0n) is 13.4. The van der Waals surface area contributed by atoms with Crippen molar-refractivity contribution in [1.29, 1.82) is 0 Å². The molecule has 0 spiro atoms. The van der Waals surface area contributed by atoms with E-state index in [2.05, 4.69) is 21.3 Å². The molecule has 0 radical (unpaired) electrons. The van der Waals surface area contributed by atoms with Crippen molar-refractivity contribution in [3.63, 3.8) is 0 Å². The number of hydrogen-bond donors (Lipinski definition) is 0. The summed E-state index contributed by atoms with van der Waals surface area (Å²) in [5.41, 5.74) is 1.41. The van der Waals surface area contributed by atoms with Crippen molar-refractivity contribution in [2.24, 2.45) is 10.9 Å². The summed E-state index contributed by atoms with van der Waals surface area (Å²) in [5.74, 6) is 0.521. The molecule has 2 aromatic heterocycles. The van der Waals surface area contributed by atoms with Gasteiger partial charge in [-0.1, -0.05) is 24.3 Å². The number of nitrogens with zero attached hydrogens (tertiary/aromatic N) is 3. The minimum absolute atomic E-state index is 0.159. The number of carbonyl (C=O) groups excluding carboxylic acids is 1. The van der Waals surface area contributed by atoms with Gasteiger partial charge in [-0.2, -0.15) is 0 Å². The zero-order valence-corrected chi connectivity index (χ0v) is 14.3. The summed E-state index contributed by atoms with van der Waals surface area (Å²) >= 11 is 1.74. The summed E-state index contributed by atoms with van der Waals surface area (Å²) in [6, 6.07) is 9.80. The molecule has 3 heterocycles. The van der Waals surface area contributed by atoms with E-state index in [1.54, 1.807) is 11.3 Å². The Morgan fingerprint density at radius 1 is 1.20 bits per heavy atom. The molecule has 1 atom stereocenters. The van der Waals surface area contributed by atoms with Gasteiger partial charge in [0.1, 0.15) is 0 Å². The van der Waals surface area contributed by atoms with Crippen LogP contribution < -0.4 is 10.6 Å². The van der Waals surface area contributed by atoms with Gasteiger partial charge < -0.3 is 4.42 Å². The number of fused-ring (bicyclic) bond motifs is 2. The molecule has 5 nitrogen and oxygen atoms in total. The van der Waals surface area contributed by atoms with Crippen molar-refractivity contribution in [2.45, 2.75) is 25.7 Å². The minimum atomic E-state index is -0.350. The summed E-state index contributed by atoms with van der Waals surface area (Å²) < 4.78 is 5.82. The topological polar surface area (TPSA) is 68.3 Å². The second kappa shape index (κ2) is 5.74. The zero-order chi connectivity index (χ0) is 16.8. The number of thiophene rings is 1. The number of benzene rings is 1. The Morgan fingerprint density at radius 2 is 2.12 bits per heavy atom.